The number of rotatable bonds is 4. The summed E-state index contributed by atoms with van der Waals surface area (Å²) in [6, 6.07) is 15.0. The standard InChI is InChI=1S/C16H18S/c1-13(2)7-6-10-15-11-12-16(17-15)14-8-4-3-5-9-14/h3-6,8-13H,7H2,1-2H3/b10-6+. The highest BCUT2D eigenvalue weighted by atomic mass is 32.1. The van der Waals surface area contributed by atoms with Gasteiger partial charge in [0.15, 0.2) is 0 Å². The quantitative estimate of drug-likeness (QED) is 0.666. The van der Waals surface area contributed by atoms with Crippen molar-refractivity contribution in [2.45, 2.75) is 20.3 Å². The molecule has 88 valence electrons. The van der Waals surface area contributed by atoms with E-state index in [1.807, 2.05) is 11.3 Å². The van der Waals surface area contributed by atoms with Crippen molar-refractivity contribution in [2.75, 3.05) is 0 Å². The topological polar surface area (TPSA) is 0 Å². The maximum absolute atomic E-state index is 2.27. The molecular weight excluding hydrogens is 224 g/mol. The molecule has 1 aromatic heterocycles. The van der Waals surface area contributed by atoms with Crippen LogP contribution in [-0.2, 0) is 0 Å². The van der Waals surface area contributed by atoms with Crippen LogP contribution < -0.4 is 0 Å². The van der Waals surface area contributed by atoms with E-state index in [-0.39, 0.29) is 0 Å². The molecule has 0 N–H and O–H groups in total. The second-order valence-electron chi connectivity index (χ2n) is 4.60. The van der Waals surface area contributed by atoms with Gasteiger partial charge < -0.3 is 0 Å². The minimum atomic E-state index is 0.736. The Morgan fingerprint density at radius 3 is 2.53 bits per heavy atom. The van der Waals surface area contributed by atoms with Crippen molar-refractivity contribution in [2.24, 2.45) is 5.92 Å². The number of thiophene rings is 1. The SMILES string of the molecule is CC(C)C/C=C/c1ccc(-c2ccccc2)s1. The molecule has 1 aromatic carbocycles. The molecule has 0 fully saturated rings. The van der Waals surface area contributed by atoms with Gasteiger partial charge in [0, 0.05) is 9.75 Å². The molecule has 0 aliphatic rings. The molecule has 0 aliphatic carbocycles. The predicted octanol–water partition coefficient (Wildman–Crippen LogP) is 5.47. The van der Waals surface area contributed by atoms with Gasteiger partial charge >= 0.3 is 0 Å². The Labute approximate surface area is 108 Å². The van der Waals surface area contributed by atoms with E-state index in [0.29, 0.717) is 0 Å². The van der Waals surface area contributed by atoms with Crippen LogP contribution in [0.5, 0.6) is 0 Å². The fourth-order valence-electron chi connectivity index (χ4n) is 1.66. The molecule has 0 bridgehead atoms. The number of allylic oxidation sites excluding steroid dienone is 1. The Morgan fingerprint density at radius 2 is 1.82 bits per heavy atom. The number of benzene rings is 1. The molecule has 0 saturated carbocycles. The van der Waals surface area contributed by atoms with Crippen molar-refractivity contribution < 1.29 is 0 Å². The predicted molar refractivity (Wildman–Crippen MR) is 78.2 cm³/mol. The molecule has 0 nitrogen and oxygen atoms in total. The van der Waals surface area contributed by atoms with Crippen LogP contribution in [0.15, 0.2) is 48.5 Å². The highest BCUT2D eigenvalue weighted by Gasteiger charge is 1.99. The largest absolute Gasteiger partial charge is 0.136 e. The zero-order valence-corrected chi connectivity index (χ0v) is 11.2. The first kappa shape index (κ1) is 12.1. The molecule has 1 heteroatoms. The maximum atomic E-state index is 2.27. The summed E-state index contributed by atoms with van der Waals surface area (Å²) in [7, 11) is 0. The van der Waals surface area contributed by atoms with E-state index in [1.165, 1.54) is 15.3 Å². The minimum Gasteiger partial charge on any atom is -0.136 e. The lowest BCUT2D eigenvalue weighted by molar-refractivity contribution is 0.665. The molecular formula is C16H18S. The highest BCUT2D eigenvalue weighted by Crippen LogP contribution is 2.28. The summed E-state index contributed by atoms with van der Waals surface area (Å²) in [5.74, 6) is 0.736. The molecule has 0 unspecified atom stereocenters. The van der Waals surface area contributed by atoms with E-state index < -0.39 is 0 Å². The van der Waals surface area contributed by atoms with Gasteiger partial charge in [-0.05, 0) is 36.1 Å². The Hall–Kier alpha value is -1.34. The smallest absolute Gasteiger partial charge is 0.0349 e. The molecule has 1 heterocycles. The average Bonchev–Trinajstić information content (AvgIpc) is 2.78. The molecule has 2 rings (SSSR count). The van der Waals surface area contributed by atoms with E-state index in [4.69, 9.17) is 0 Å². The van der Waals surface area contributed by atoms with Crippen LogP contribution in [0.4, 0.5) is 0 Å². The average molecular weight is 242 g/mol. The van der Waals surface area contributed by atoms with Crippen LogP contribution in [0.1, 0.15) is 25.1 Å². The normalized spacial score (nSPS) is 11.5. The third-order valence-corrected chi connectivity index (χ3v) is 3.67. The van der Waals surface area contributed by atoms with Crippen molar-refractivity contribution in [1.82, 2.24) is 0 Å². The third kappa shape index (κ3) is 3.57. The summed E-state index contributed by atoms with van der Waals surface area (Å²) in [5, 5.41) is 0. The monoisotopic (exact) mass is 242 g/mol. The first-order valence-electron chi connectivity index (χ1n) is 6.07. The van der Waals surface area contributed by atoms with E-state index in [1.54, 1.807) is 0 Å². The molecule has 0 spiro atoms. The van der Waals surface area contributed by atoms with Crippen LogP contribution >= 0.6 is 11.3 Å². The fraction of sp³-hybridized carbons (Fsp3) is 0.250. The summed E-state index contributed by atoms with van der Waals surface area (Å²) in [4.78, 5) is 2.68. The van der Waals surface area contributed by atoms with Gasteiger partial charge in [-0.2, -0.15) is 0 Å². The lowest BCUT2D eigenvalue weighted by atomic mass is 10.1. The summed E-state index contributed by atoms with van der Waals surface area (Å²) in [5.41, 5.74) is 1.31. The molecule has 0 aliphatic heterocycles. The van der Waals surface area contributed by atoms with Gasteiger partial charge in [0.1, 0.15) is 0 Å². The maximum Gasteiger partial charge on any atom is 0.0349 e. The summed E-state index contributed by atoms with van der Waals surface area (Å²) in [6.45, 7) is 4.49. The van der Waals surface area contributed by atoms with E-state index in [0.717, 1.165) is 12.3 Å². The van der Waals surface area contributed by atoms with Crippen LogP contribution in [0.2, 0.25) is 0 Å². The summed E-state index contributed by atoms with van der Waals surface area (Å²) < 4.78 is 0. The van der Waals surface area contributed by atoms with Crippen molar-refractivity contribution in [1.29, 1.82) is 0 Å². The molecule has 17 heavy (non-hydrogen) atoms. The molecule has 0 atom stereocenters. The first-order chi connectivity index (χ1) is 8.25. The van der Waals surface area contributed by atoms with E-state index in [2.05, 4.69) is 68.5 Å². The second kappa shape index (κ2) is 5.83. The first-order valence-corrected chi connectivity index (χ1v) is 6.89. The van der Waals surface area contributed by atoms with Crippen LogP contribution in [0.3, 0.4) is 0 Å². The lowest BCUT2D eigenvalue weighted by Crippen LogP contribution is -1.80. The lowest BCUT2D eigenvalue weighted by Gasteiger charge is -1.96. The van der Waals surface area contributed by atoms with Crippen molar-refractivity contribution in [3.63, 3.8) is 0 Å². The van der Waals surface area contributed by atoms with Crippen LogP contribution in [0.25, 0.3) is 16.5 Å². The van der Waals surface area contributed by atoms with Crippen molar-refractivity contribution >= 4 is 17.4 Å². The third-order valence-electron chi connectivity index (χ3n) is 2.57. The van der Waals surface area contributed by atoms with Gasteiger partial charge in [0.05, 0.1) is 0 Å². The molecule has 0 amide bonds. The second-order valence-corrected chi connectivity index (χ2v) is 5.72. The van der Waals surface area contributed by atoms with Crippen LogP contribution in [-0.4, -0.2) is 0 Å². The molecule has 0 saturated heterocycles. The number of hydrogen-bond acceptors (Lipinski definition) is 1. The van der Waals surface area contributed by atoms with Gasteiger partial charge in [0.2, 0.25) is 0 Å². The Bertz CT molecular complexity index is 477. The Balaban J connectivity index is 2.09. The van der Waals surface area contributed by atoms with E-state index >= 15 is 0 Å². The van der Waals surface area contributed by atoms with Gasteiger partial charge in [-0.1, -0.05) is 50.3 Å². The van der Waals surface area contributed by atoms with E-state index in [9.17, 15) is 0 Å². The van der Waals surface area contributed by atoms with Gasteiger partial charge in [-0.25, -0.2) is 0 Å². The number of hydrogen-bond donors (Lipinski definition) is 0. The fourth-order valence-corrected chi connectivity index (χ4v) is 2.60. The Morgan fingerprint density at radius 1 is 1.06 bits per heavy atom. The zero-order valence-electron chi connectivity index (χ0n) is 10.4. The molecule has 0 radical (unpaired) electrons. The Kier molecular flexibility index (Phi) is 4.16. The zero-order chi connectivity index (χ0) is 12.1. The van der Waals surface area contributed by atoms with Gasteiger partial charge in [-0.3, -0.25) is 0 Å². The van der Waals surface area contributed by atoms with Crippen molar-refractivity contribution in [3.8, 4) is 10.4 Å². The molecule has 2 aromatic rings. The summed E-state index contributed by atoms with van der Waals surface area (Å²) in [6.07, 6.45) is 5.65. The van der Waals surface area contributed by atoms with Crippen molar-refractivity contribution in [3.05, 3.63) is 53.4 Å². The highest BCUT2D eigenvalue weighted by molar-refractivity contribution is 7.16. The van der Waals surface area contributed by atoms with Gasteiger partial charge in [-0.15, -0.1) is 11.3 Å². The minimum absolute atomic E-state index is 0.736. The van der Waals surface area contributed by atoms with Gasteiger partial charge in [0.25, 0.3) is 0 Å². The summed E-state index contributed by atoms with van der Waals surface area (Å²) >= 11 is 1.85. The van der Waals surface area contributed by atoms with Crippen LogP contribution in [0, 0.1) is 5.92 Å².